The first-order chi connectivity index (χ1) is 14.3. The van der Waals surface area contributed by atoms with Crippen molar-refractivity contribution in [3.63, 3.8) is 0 Å². The molecular formula is C25H37BrO3. The predicted octanol–water partition coefficient (Wildman–Crippen LogP) is 7.92. The van der Waals surface area contributed by atoms with Gasteiger partial charge < -0.3 is 14.2 Å². The van der Waals surface area contributed by atoms with Crippen molar-refractivity contribution < 1.29 is 14.2 Å². The van der Waals surface area contributed by atoms with E-state index < -0.39 is 0 Å². The van der Waals surface area contributed by atoms with E-state index >= 15 is 0 Å². The predicted molar refractivity (Wildman–Crippen MR) is 127 cm³/mol. The van der Waals surface area contributed by atoms with Crippen molar-refractivity contribution in [3.05, 3.63) is 30.3 Å². The fourth-order valence-electron chi connectivity index (χ4n) is 3.50. The topological polar surface area (TPSA) is 27.7 Å². The van der Waals surface area contributed by atoms with Crippen LogP contribution in [0.5, 0.6) is 17.2 Å². The molecule has 0 radical (unpaired) electrons. The Labute approximate surface area is 185 Å². The van der Waals surface area contributed by atoms with Crippen LogP contribution in [0.15, 0.2) is 30.3 Å². The van der Waals surface area contributed by atoms with Crippen molar-refractivity contribution >= 4 is 26.7 Å². The van der Waals surface area contributed by atoms with Gasteiger partial charge in [0.05, 0.1) is 20.3 Å². The quantitative estimate of drug-likeness (QED) is 0.186. The van der Waals surface area contributed by atoms with Crippen LogP contribution in [0.2, 0.25) is 0 Å². The molecule has 0 aliphatic carbocycles. The minimum atomic E-state index is 0.718. The molecule has 0 saturated heterocycles. The van der Waals surface area contributed by atoms with Crippen LogP contribution in [0, 0.1) is 0 Å². The second-order valence-corrected chi connectivity index (χ2v) is 8.31. The summed E-state index contributed by atoms with van der Waals surface area (Å²) in [5.74, 6) is 2.47. The molecule has 162 valence electrons. The zero-order valence-corrected chi connectivity index (χ0v) is 19.8. The summed E-state index contributed by atoms with van der Waals surface area (Å²) in [4.78, 5) is 0. The van der Waals surface area contributed by atoms with E-state index in [1.54, 1.807) is 7.11 Å². The molecule has 0 aliphatic rings. The van der Waals surface area contributed by atoms with E-state index in [1.165, 1.54) is 51.4 Å². The Morgan fingerprint density at radius 2 is 1.34 bits per heavy atom. The molecule has 0 amide bonds. The maximum atomic E-state index is 6.16. The molecule has 0 N–H and O–H groups in total. The van der Waals surface area contributed by atoms with Crippen LogP contribution >= 0.6 is 15.9 Å². The zero-order chi connectivity index (χ0) is 20.7. The summed E-state index contributed by atoms with van der Waals surface area (Å²) in [5, 5.41) is 3.27. The van der Waals surface area contributed by atoms with Crippen LogP contribution in [0.4, 0.5) is 0 Å². The van der Waals surface area contributed by atoms with Gasteiger partial charge in [0.2, 0.25) is 0 Å². The molecule has 29 heavy (non-hydrogen) atoms. The average molecular weight is 465 g/mol. The first-order valence-corrected chi connectivity index (χ1v) is 12.3. The van der Waals surface area contributed by atoms with Crippen molar-refractivity contribution in [1.29, 1.82) is 0 Å². The Kier molecular flexibility index (Phi) is 12.0. The number of hydrogen-bond acceptors (Lipinski definition) is 3. The molecular weight excluding hydrogens is 428 g/mol. The lowest BCUT2D eigenvalue weighted by Gasteiger charge is -2.17. The molecule has 2 aromatic carbocycles. The molecule has 0 aromatic heterocycles. The van der Waals surface area contributed by atoms with Gasteiger partial charge >= 0.3 is 0 Å². The fourth-order valence-corrected chi connectivity index (χ4v) is 3.90. The zero-order valence-electron chi connectivity index (χ0n) is 18.2. The lowest BCUT2D eigenvalue weighted by Crippen LogP contribution is -2.03. The Bertz CT molecular complexity index is 702. The summed E-state index contributed by atoms with van der Waals surface area (Å²) in [6, 6.07) is 10.3. The van der Waals surface area contributed by atoms with Crippen molar-refractivity contribution in [2.75, 3.05) is 25.7 Å². The van der Waals surface area contributed by atoms with Gasteiger partial charge in [-0.1, -0.05) is 92.1 Å². The normalized spacial score (nSPS) is 11.0. The molecule has 0 spiro atoms. The van der Waals surface area contributed by atoms with Crippen molar-refractivity contribution in [1.82, 2.24) is 0 Å². The van der Waals surface area contributed by atoms with E-state index in [2.05, 4.69) is 41.1 Å². The van der Waals surface area contributed by atoms with E-state index in [0.717, 1.165) is 59.4 Å². The van der Waals surface area contributed by atoms with Gasteiger partial charge in [-0.15, -0.1) is 0 Å². The van der Waals surface area contributed by atoms with Gasteiger partial charge in [-0.25, -0.2) is 0 Å². The maximum Gasteiger partial charge on any atom is 0.169 e. The van der Waals surface area contributed by atoms with Crippen LogP contribution in [-0.2, 0) is 0 Å². The van der Waals surface area contributed by atoms with E-state index in [9.17, 15) is 0 Å². The van der Waals surface area contributed by atoms with E-state index in [0.29, 0.717) is 0 Å². The number of unbranched alkanes of at least 4 members (excludes halogenated alkanes) is 8. The molecule has 4 heteroatoms. The minimum absolute atomic E-state index is 0.718. The van der Waals surface area contributed by atoms with Gasteiger partial charge in [0.1, 0.15) is 5.75 Å². The summed E-state index contributed by atoms with van der Waals surface area (Å²) >= 11 is 3.49. The second kappa shape index (κ2) is 14.5. The van der Waals surface area contributed by atoms with E-state index in [-0.39, 0.29) is 0 Å². The summed E-state index contributed by atoms with van der Waals surface area (Å²) < 4.78 is 18.0. The SMILES string of the molecule is CCCCCCOc1c(OC)cc(OCCCCCCCCBr)c2ccccc12. The van der Waals surface area contributed by atoms with Gasteiger partial charge in [0, 0.05) is 22.2 Å². The van der Waals surface area contributed by atoms with Crippen LogP contribution in [0.25, 0.3) is 10.8 Å². The summed E-state index contributed by atoms with van der Waals surface area (Å²) in [6.45, 7) is 3.68. The number of fused-ring (bicyclic) bond motifs is 1. The van der Waals surface area contributed by atoms with Crippen molar-refractivity contribution in [2.24, 2.45) is 0 Å². The standard InChI is InChI=1S/C25H37BrO3/c1-3-4-5-13-19-29-25-22-16-11-10-15-21(22)23(20-24(25)27-2)28-18-14-9-7-6-8-12-17-26/h10-11,15-16,20H,3-9,12-14,17-19H2,1-2H3. The fraction of sp³-hybridized carbons (Fsp3) is 0.600. The monoisotopic (exact) mass is 464 g/mol. The first kappa shape index (κ1) is 23.9. The molecule has 0 heterocycles. The third kappa shape index (κ3) is 8.08. The molecule has 0 saturated carbocycles. The number of benzene rings is 2. The Morgan fingerprint density at radius 1 is 0.724 bits per heavy atom. The van der Waals surface area contributed by atoms with Crippen molar-refractivity contribution in [3.8, 4) is 17.2 Å². The summed E-state index contributed by atoms with van der Waals surface area (Å²) in [5.41, 5.74) is 0. The second-order valence-electron chi connectivity index (χ2n) is 7.52. The van der Waals surface area contributed by atoms with Gasteiger partial charge in [-0.05, 0) is 19.3 Å². The largest absolute Gasteiger partial charge is 0.493 e. The Balaban J connectivity index is 1.97. The highest BCUT2D eigenvalue weighted by molar-refractivity contribution is 9.09. The number of methoxy groups -OCH3 is 1. The molecule has 3 nitrogen and oxygen atoms in total. The first-order valence-electron chi connectivity index (χ1n) is 11.2. The highest BCUT2D eigenvalue weighted by Gasteiger charge is 2.15. The van der Waals surface area contributed by atoms with Crippen LogP contribution in [0.3, 0.4) is 0 Å². The summed E-state index contributed by atoms with van der Waals surface area (Å²) in [6.07, 6.45) is 12.2. The smallest absolute Gasteiger partial charge is 0.169 e. The lowest BCUT2D eigenvalue weighted by molar-refractivity contribution is 0.283. The molecule has 0 bridgehead atoms. The van der Waals surface area contributed by atoms with Gasteiger partial charge in [0.25, 0.3) is 0 Å². The van der Waals surface area contributed by atoms with Crippen LogP contribution < -0.4 is 14.2 Å². The minimum Gasteiger partial charge on any atom is -0.493 e. The van der Waals surface area contributed by atoms with E-state index in [4.69, 9.17) is 14.2 Å². The molecule has 2 rings (SSSR count). The number of halogens is 1. The Hall–Kier alpha value is -1.42. The molecule has 0 atom stereocenters. The number of ether oxygens (including phenoxy) is 3. The average Bonchev–Trinajstić information content (AvgIpc) is 2.76. The van der Waals surface area contributed by atoms with Gasteiger partial charge in [0.15, 0.2) is 11.5 Å². The molecule has 0 fully saturated rings. The number of rotatable bonds is 16. The lowest BCUT2D eigenvalue weighted by atomic mass is 10.1. The highest BCUT2D eigenvalue weighted by Crippen LogP contribution is 2.41. The molecule has 2 aromatic rings. The Morgan fingerprint density at radius 3 is 2.03 bits per heavy atom. The van der Waals surface area contributed by atoms with Gasteiger partial charge in [-0.2, -0.15) is 0 Å². The van der Waals surface area contributed by atoms with Crippen molar-refractivity contribution in [2.45, 2.75) is 71.1 Å². The molecule has 0 unspecified atom stereocenters. The van der Waals surface area contributed by atoms with Gasteiger partial charge in [-0.3, -0.25) is 0 Å². The maximum absolute atomic E-state index is 6.16. The number of hydrogen-bond donors (Lipinski definition) is 0. The highest BCUT2D eigenvalue weighted by atomic mass is 79.9. The van der Waals surface area contributed by atoms with E-state index in [1.807, 2.05) is 12.1 Å². The molecule has 0 aliphatic heterocycles. The third-order valence-electron chi connectivity index (χ3n) is 5.17. The summed E-state index contributed by atoms with van der Waals surface area (Å²) in [7, 11) is 1.70. The number of alkyl halides is 1. The third-order valence-corrected chi connectivity index (χ3v) is 5.73. The van der Waals surface area contributed by atoms with Crippen LogP contribution in [0.1, 0.15) is 71.1 Å². The van der Waals surface area contributed by atoms with Crippen LogP contribution in [-0.4, -0.2) is 25.7 Å².